The van der Waals surface area contributed by atoms with E-state index >= 15 is 0 Å². The van der Waals surface area contributed by atoms with Crippen LogP contribution in [0.3, 0.4) is 0 Å². The molecule has 0 unspecified atom stereocenters. The largest absolute Gasteiger partial charge is 0.410 e. The maximum Gasteiger partial charge on any atom is 0.277 e. The summed E-state index contributed by atoms with van der Waals surface area (Å²) in [5.41, 5.74) is 1.63. The topological polar surface area (TPSA) is 77.6 Å². The van der Waals surface area contributed by atoms with E-state index in [1.54, 1.807) is 11.3 Å². The molecule has 0 atom stereocenters. The zero-order chi connectivity index (χ0) is 14.1. The van der Waals surface area contributed by atoms with E-state index in [2.05, 4.69) is 24.8 Å². The average molecular weight is 346 g/mol. The van der Waals surface area contributed by atoms with Gasteiger partial charge in [-0.25, -0.2) is 4.98 Å². The fourth-order valence-corrected chi connectivity index (χ4v) is 3.84. The van der Waals surface area contributed by atoms with Crippen molar-refractivity contribution < 1.29 is 4.42 Å². The molecule has 20 heavy (non-hydrogen) atoms. The molecule has 0 saturated heterocycles. The monoisotopic (exact) mass is 345 g/mol. The Bertz CT molecular complexity index is 737. The van der Waals surface area contributed by atoms with Gasteiger partial charge in [0.25, 0.3) is 11.1 Å². The molecule has 10 heteroatoms. The first-order valence-electron chi connectivity index (χ1n) is 5.51. The normalized spacial score (nSPS) is 11.2. The molecule has 6 nitrogen and oxygen atoms in total. The minimum atomic E-state index is 0.481. The van der Waals surface area contributed by atoms with E-state index in [4.69, 9.17) is 16.0 Å². The Kier molecular flexibility index (Phi) is 4.01. The fraction of sp³-hybridized carbons (Fsp3) is 0.300. The number of nitrogens with zero attached hydrogens (tertiary/aromatic N) is 5. The van der Waals surface area contributed by atoms with Crippen molar-refractivity contribution in [3.8, 4) is 10.8 Å². The fourth-order valence-electron chi connectivity index (χ4n) is 1.50. The highest BCUT2D eigenvalue weighted by atomic mass is 35.5. The number of hydrogen-bond acceptors (Lipinski definition) is 9. The van der Waals surface area contributed by atoms with Gasteiger partial charge >= 0.3 is 0 Å². The van der Waals surface area contributed by atoms with Crippen LogP contribution in [0.5, 0.6) is 0 Å². The molecule has 104 valence electrons. The summed E-state index contributed by atoms with van der Waals surface area (Å²) in [7, 11) is 0. The second kappa shape index (κ2) is 5.76. The number of thioether (sulfide) groups is 1. The number of halogens is 1. The van der Waals surface area contributed by atoms with Gasteiger partial charge in [-0.05, 0) is 13.8 Å². The van der Waals surface area contributed by atoms with Crippen molar-refractivity contribution in [1.82, 2.24) is 24.8 Å². The summed E-state index contributed by atoms with van der Waals surface area (Å²) in [6.07, 6.45) is 0. The summed E-state index contributed by atoms with van der Waals surface area (Å²) in [6.45, 7) is 3.88. The summed E-state index contributed by atoms with van der Waals surface area (Å²) in [5, 5.41) is 13.4. The number of thiazole rings is 1. The maximum atomic E-state index is 5.94. The molecular formula is C10H8ClN5OS3. The van der Waals surface area contributed by atoms with Crippen molar-refractivity contribution in [2.24, 2.45) is 0 Å². The van der Waals surface area contributed by atoms with Crippen molar-refractivity contribution in [3.63, 3.8) is 0 Å². The second-order valence-electron chi connectivity index (χ2n) is 3.80. The quantitative estimate of drug-likeness (QED) is 0.668. The Hall–Kier alpha value is -1.03. The van der Waals surface area contributed by atoms with E-state index in [9.17, 15) is 0 Å². The molecule has 0 N–H and O–H groups in total. The molecule has 3 aromatic heterocycles. The lowest BCUT2D eigenvalue weighted by Gasteiger charge is -1.92. The van der Waals surface area contributed by atoms with Gasteiger partial charge in [0.1, 0.15) is 14.9 Å². The molecular weight excluding hydrogens is 338 g/mol. The zero-order valence-electron chi connectivity index (χ0n) is 10.5. The van der Waals surface area contributed by atoms with Crippen LogP contribution >= 0.6 is 46.2 Å². The molecule has 3 aromatic rings. The summed E-state index contributed by atoms with van der Waals surface area (Å²) in [5.74, 6) is 1.05. The molecule has 0 aliphatic rings. The Morgan fingerprint density at radius 2 is 2.10 bits per heavy atom. The molecule has 0 saturated carbocycles. The second-order valence-corrected chi connectivity index (χ2v) is 7.29. The van der Waals surface area contributed by atoms with Gasteiger partial charge in [-0.3, -0.25) is 0 Å². The average Bonchev–Trinajstić information content (AvgIpc) is 3.08. The molecule has 0 aliphatic heterocycles. The minimum absolute atomic E-state index is 0.481. The maximum absolute atomic E-state index is 5.94. The predicted octanol–water partition coefficient (Wildman–Crippen LogP) is 3.61. The molecule has 3 rings (SSSR count). The first-order chi connectivity index (χ1) is 9.63. The first-order valence-corrected chi connectivity index (χ1v) is 8.46. The van der Waals surface area contributed by atoms with Gasteiger partial charge in [0.2, 0.25) is 0 Å². The Morgan fingerprint density at radius 1 is 1.25 bits per heavy atom. The Balaban J connectivity index is 1.74. The smallest absolute Gasteiger partial charge is 0.277 e. The Labute approximate surface area is 131 Å². The van der Waals surface area contributed by atoms with E-state index in [1.807, 2.05) is 13.8 Å². The first kappa shape index (κ1) is 13.9. The van der Waals surface area contributed by atoms with Crippen molar-refractivity contribution in [2.45, 2.75) is 24.8 Å². The molecule has 0 fully saturated rings. The van der Waals surface area contributed by atoms with E-state index in [0.717, 1.165) is 32.8 Å². The van der Waals surface area contributed by atoms with Gasteiger partial charge in [0, 0.05) is 17.3 Å². The number of rotatable bonds is 4. The van der Waals surface area contributed by atoms with Gasteiger partial charge in [-0.2, -0.15) is 0 Å². The third-order valence-corrected chi connectivity index (χ3v) is 5.22. The SMILES string of the molecule is Cc1nc(C)c(-c2nnc(SCc3nnsc3Cl)o2)s1. The third-order valence-electron chi connectivity index (χ3n) is 2.35. The van der Waals surface area contributed by atoms with Crippen molar-refractivity contribution in [3.05, 3.63) is 20.7 Å². The van der Waals surface area contributed by atoms with Crippen molar-refractivity contribution in [1.29, 1.82) is 0 Å². The standard InChI is InChI=1S/C10H8ClN5OS3/c1-4-7(19-5(2)12-4)9-14-15-10(17-9)18-3-6-8(11)20-16-13-6/h3H2,1-2H3. The summed E-state index contributed by atoms with van der Waals surface area (Å²) in [6, 6.07) is 0. The minimum Gasteiger partial charge on any atom is -0.410 e. The van der Waals surface area contributed by atoms with Gasteiger partial charge in [0.15, 0.2) is 0 Å². The molecule has 3 heterocycles. The highest BCUT2D eigenvalue weighted by Crippen LogP contribution is 2.32. The molecule has 0 bridgehead atoms. The van der Waals surface area contributed by atoms with E-state index in [1.165, 1.54) is 11.8 Å². The van der Waals surface area contributed by atoms with Crippen LogP contribution in [0, 0.1) is 13.8 Å². The van der Waals surface area contributed by atoms with Crippen LogP contribution in [-0.4, -0.2) is 24.8 Å². The van der Waals surface area contributed by atoms with Crippen LogP contribution in [0.15, 0.2) is 9.64 Å². The van der Waals surface area contributed by atoms with Crippen LogP contribution in [0.2, 0.25) is 4.34 Å². The zero-order valence-corrected chi connectivity index (χ0v) is 13.7. The molecule has 0 spiro atoms. The van der Waals surface area contributed by atoms with Crippen LogP contribution in [0.25, 0.3) is 10.8 Å². The van der Waals surface area contributed by atoms with Crippen molar-refractivity contribution in [2.75, 3.05) is 0 Å². The Morgan fingerprint density at radius 3 is 2.75 bits per heavy atom. The van der Waals surface area contributed by atoms with Crippen LogP contribution in [-0.2, 0) is 5.75 Å². The highest BCUT2D eigenvalue weighted by molar-refractivity contribution is 7.98. The van der Waals surface area contributed by atoms with Gasteiger partial charge in [-0.15, -0.1) is 26.6 Å². The van der Waals surface area contributed by atoms with Crippen LogP contribution in [0.4, 0.5) is 0 Å². The van der Waals surface area contributed by atoms with Gasteiger partial charge in [-0.1, -0.05) is 27.9 Å². The molecule has 0 aliphatic carbocycles. The highest BCUT2D eigenvalue weighted by Gasteiger charge is 2.16. The van der Waals surface area contributed by atoms with Crippen LogP contribution < -0.4 is 0 Å². The lowest BCUT2D eigenvalue weighted by molar-refractivity contribution is 0.466. The molecule has 0 aromatic carbocycles. The van der Waals surface area contributed by atoms with E-state index in [-0.39, 0.29) is 0 Å². The lowest BCUT2D eigenvalue weighted by atomic mass is 10.4. The molecule has 0 radical (unpaired) electrons. The predicted molar refractivity (Wildman–Crippen MR) is 79.4 cm³/mol. The van der Waals surface area contributed by atoms with Crippen molar-refractivity contribution >= 4 is 46.2 Å². The summed E-state index contributed by atoms with van der Waals surface area (Å²) >= 11 is 10.0. The molecule has 0 amide bonds. The third kappa shape index (κ3) is 2.85. The summed E-state index contributed by atoms with van der Waals surface area (Å²) < 4.78 is 9.99. The number of aryl methyl sites for hydroxylation is 2. The number of hydrogen-bond donors (Lipinski definition) is 0. The van der Waals surface area contributed by atoms with E-state index in [0.29, 0.717) is 21.2 Å². The summed E-state index contributed by atoms with van der Waals surface area (Å²) in [4.78, 5) is 5.26. The van der Waals surface area contributed by atoms with Crippen LogP contribution in [0.1, 0.15) is 16.4 Å². The van der Waals surface area contributed by atoms with E-state index < -0.39 is 0 Å². The van der Waals surface area contributed by atoms with Gasteiger partial charge in [0.05, 0.1) is 10.7 Å². The number of aromatic nitrogens is 5. The van der Waals surface area contributed by atoms with Gasteiger partial charge < -0.3 is 4.42 Å². The lowest BCUT2D eigenvalue weighted by Crippen LogP contribution is -1.82.